The van der Waals surface area contributed by atoms with Gasteiger partial charge >= 0.3 is 6.18 Å². The number of benzene rings is 1. The lowest BCUT2D eigenvalue weighted by atomic mass is 9.88. The number of alkyl halides is 3. The highest BCUT2D eigenvalue weighted by Crippen LogP contribution is 2.42. The number of aromatic nitrogens is 2. The number of ether oxygens (including phenoxy) is 1. The van der Waals surface area contributed by atoms with Crippen molar-refractivity contribution < 1.29 is 28.1 Å². The van der Waals surface area contributed by atoms with Gasteiger partial charge in [-0.1, -0.05) is 6.07 Å². The van der Waals surface area contributed by atoms with Gasteiger partial charge in [-0.25, -0.2) is 4.98 Å². The number of fused-ring (bicyclic) bond motifs is 1. The van der Waals surface area contributed by atoms with Gasteiger partial charge in [0.25, 0.3) is 0 Å². The molecule has 0 aliphatic heterocycles. The van der Waals surface area contributed by atoms with Gasteiger partial charge in [0.1, 0.15) is 0 Å². The molecule has 0 radical (unpaired) electrons. The Bertz CT molecular complexity index is 996. The third kappa shape index (κ3) is 3.96. The molecule has 0 fully saturated rings. The maximum absolute atomic E-state index is 13.7. The van der Waals surface area contributed by atoms with Gasteiger partial charge in [0.15, 0.2) is 0 Å². The van der Waals surface area contributed by atoms with E-state index in [2.05, 4.69) is 15.3 Å². The zero-order valence-corrected chi connectivity index (χ0v) is 15.7. The van der Waals surface area contributed by atoms with Crippen LogP contribution in [0, 0.1) is 6.92 Å². The number of halogens is 3. The van der Waals surface area contributed by atoms with E-state index in [1.54, 1.807) is 37.3 Å². The number of methoxy groups -OCH3 is 1. The smallest absolute Gasteiger partial charge is 0.421 e. The summed E-state index contributed by atoms with van der Waals surface area (Å²) in [5.74, 6) is 0.205. The minimum Gasteiger partial charge on any atom is -0.481 e. The third-order valence-electron chi connectivity index (χ3n) is 4.68. The summed E-state index contributed by atoms with van der Waals surface area (Å²) in [7, 11) is 1.38. The van der Waals surface area contributed by atoms with Gasteiger partial charge in [-0.2, -0.15) is 13.2 Å². The van der Waals surface area contributed by atoms with Gasteiger partial charge < -0.3 is 20.3 Å². The number of hydrogen-bond acceptors (Lipinski definition) is 6. The molecular formula is C20H20F3N3O3. The number of aryl methyl sites for hydroxylation is 1. The van der Waals surface area contributed by atoms with E-state index < -0.39 is 24.4 Å². The molecule has 154 valence electrons. The summed E-state index contributed by atoms with van der Waals surface area (Å²) in [5.41, 5.74) is -1.76. The van der Waals surface area contributed by atoms with Crippen LogP contribution in [-0.4, -0.2) is 45.7 Å². The Balaban J connectivity index is 2.13. The molecule has 0 saturated carbocycles. The first-order valence-corrected chi connectivity index (χ1v) is 8.72. The van der Waals surface area contributed by atoms with Crippen LogP contribution in [0.15, 0.2) is 48.7 Å². The largest absolute Gasteiger partial charge is 0.481 e. The molecule has 9 heteroatoms. The molecule has 0 saturated heterocycles. The van der Waals surface area contributed by atoms with E-state index in [0.29, 0.717) is 16.6 Å². The lowest BCUT2D eigenvalue weighted by Gasteiger charge is -2.37. The number of nitrogens with one attached hydrogen (secondary N) is 1. The Labute approximate surface area is 165 Å². The lowest BCUT2D eigenvalue weighted by molar-refractivity contribution is -0.277. The van der Waals surface area contributed by atoms with Gasteiger partial charge in [-0.3, -0.25) is 4.98 Å². The van der Waals surface area contributed by atoms with E-state index >= 15 is 0 Å². The molecule has 6 nitrogen and oxygen atoms in total. The van der Waals surface area contributed by atoms with Crippen molar-refractivity contribution >= 4 is 16.6 Å². The summed E-state index contributed by atoms with van der Waals surface area (Å²) >= 11 is 0. The monoisotopic (exact) mass is 407 g/mol. The van der Waals surface area contributed by atoms with E-state index in [-0.39, 0.29) is 11.4 Å². The zero-order chi connectivity index (χ0) is 21.2. The normalized spacial score (nSPS) is 15.0. The first-order chi connectivity index (χ1) is 13.7. The number of anilines is 1. The minimum absolute atomic E-state index is 0.0248. The molecule has 0 aliphatic carbocycles. The molecule has 2 heterocycles. The van der Waals surface area contributed by atoms with Crippen molar-refractivity contribution in [2.75, 3.05) is 19.0 Å². The maximum Gasteiger partial charge on any atom is 0.421 e. The Hall–Kier alpha value is -2.91. The van der Waals surface area contributed by atoms with Crippen molar-refractivity contribution in [3.63, 3.8) is 0 Å². The van der Waals surface area contributed by atoms with Crippen LogP contribution in [0.25, 0.3) is 10.9 Å². The molecule has 1 aromatic carbocycles. The SMILES string of the molecule is COc1ccc(C(Nc2cccc3nc(C)ccc23)C(O)(CO)C(F)(F)F)cn1. The molecule has 3 rings (SSSR count). The Morgan fingerprint density at radius 2 is 1.90 bits per heavy atom. The summed E-state index contributed by atoms with van der Waals surface area (Å²) in [6, 6.07) is 9.42. The van der Waals surface area contributed by atoms with E-state index in [4.69, 9.17) is 4.74 Å². The molecule has 29 heavy (non-hydrogen) atoms. The first-order valence-electron chi connectivity index (χ1n) is 8.72. The van der Waals surface area contributed by atoms with Crippen LogP contribution in [0.2, 0.25) is 0 Å². The van der Waals surface area contributed by atoms with Crippen molar-refractivity contribution in [2.24, 2.45) is 0 Å². The summed E-state index contributed by atoms with van der Waals surface area (Å²) in [6.45, 7) is 0.266. The third-order valence-corrected chi connectivity index (χ3v) is 4.68. The topological polar surface area (TPSA) is 87.5 Å². The van der Waals surface area contributed by atoms with Crippen LogP contribution < -0.4 is 10.1 Å². The Morgan fingerprint density at radius 1 is 1.14 bits per heavy atom. The number of aliphatic hydroxyl groups is 2. The highest BCUT2D eigenvalue weighted by atomic mass is 19.4. The van der Waals surface area contributed by atoms with Crippen molar-refractivity contribution in [1.82, 2.24) is 9.97 Å². The highest BCUT2D eigenvalue weighted by Gasteiger charge is 2.59. The average molecular weight is 407 g/mol. The summed E-state index contributed by atoms with van der Waals surface area (Å²) in [5, 5.41) is 23.3. The lowest BCUT2D eigenvalue weighted by Crippen LogP contribution is -2.55. The predicted octanol–water partition coefficient (Wildman–Crippen LogP) is 3.39. The zero-order valence-electron chi connectivity index (χ0n) is 15.7. The fourth-order valence-electron chi connectivity index (χ4n) is 3.04. The van der Waals surface area contributed by atoms with Gasteiger partial charge in [0, 0.05) is 29.0 Å². The van der Waals surface area contributed by atoms with Crippen molar-refractivity contribution in [2.45, 2.75) is 24.7 Å². The summed E-state index contributed by atoms with van der Waals surface area (Å²) in [4.78, 5) is 8.30. The second-order valence-corrected chi connectivity index (χ2v) is 6.62. The Kier molecular flexibility index (Phi) is 5.63. The molecule has 3 aromatic rings. The molecule has 2 unspecified atom stereocenters. The van der Waals surface area contributed by atoms with Crippen molar-refractivity contribution in [1.29, 1.82) is 0 Å². The Morgan fingerprint density at radius 3 is 2.48 bits per heavy atom. The number of hydrogen-bond donors (Lipinski definition) is 3. The molecule has 2 aromatic heterocycles. The van der Waals surface area contributed by atoms with E-state index in [1.165, 1.54) is 19.2 Å². The van der Waals surface area contributed by atoms with Crippen LogP contribution in [-0.2, 0) is 0 Å². The predicted molar refractivity (Wildman–Crippen MR) is 102 cm³/mol. The van der Waals surface area contributed by atoms with Crippen LogP contribution in [0.4, 0.5) is 18.9 Å². The van der Waals surface area contributed by atoms with Gasteiger partial charge in [0.2, 0.25) is 11.5 Å². The molecule has 3 N–H and O–H groups in total. The second-order valence-electron chi connectivity index (χ2n) is 6.62. The highest BCUT2D eigenvalue weighted by molar-refractivity contribution is 5.91. The molecular weight excluding hydrogens is 387 g/mol. The summed E-state index contributed by atoms with van der Waals surface area (Å²) in [6.07, 6.45) is -3.95. The quantitative estimate of drug-likeness (QED) is 0.581. The van der Waals surface area contributed by atoms with Crippen LogP contribution in [0.3, 0.4) is 0 Å². The summed E-state index contributed by atoms with van der Waals surface area (Å²) < 4.78 is 46.2. The number of rotatable bonds is 6. The van der Waals surface area contributed by atoms with Crippen molar-refractivity contribution in [3.05, 3.63) is 59.9 Å². The van der Waals surface area contributed by atoms with Crippen LogP contribution in [0.5, 0.6) is 5.88 Å². The first kappa shape index (κ1) is 20.8. The molecule has 0 spiro atoms. The van der Waals surface area contributed by atoms with Crippen LogP contribution in [0.1, 0.15) is 17.3 Å². The van der Waals surface area contributed by atoms with E-state index in [0.717, 1.165) is 11.9 Å². The standard InChI is InChI=1S/C20H20F3N3O3/c1-12-6-8-14-15(25-12)4-3-5-16(14)26-18(19(28,11-27)20(21,22)23)13-7-9-17(29-2)24-10-13/h3-10,18,26-28H,11H2,1-2H3. The van der Waals surface area contributed by atoms with Gasteiger partial charge in [0.05, 0.1) is 25.3 Å². The number of pyridine rings is 2. The molecule has 0 amide bonds. The fraction of sp³-hybridized carbons (Fsp3) is 0.300. The van der Waals surface area contributed by atoms with Crippen molar-refractivity contribution in [3.8, 4) is 5.88 Å². The van der Waals surface area contributed by atoms with Gasteiger partial charge in [-0.05, 0) is 42.8 Å². The number of aliphatic hydroxyl groups excluding tert-OH is 1. The maximum atomic E-state index is 13.7. The second kappa shape index (κ2) is 7.84. The fourth-order valence-corrected chi connectivity index (χ4v) is 3.04. The number of nitrogens with zero attached hydrogens (tertiary/aromatic N) is 2. The average Bonchev–Trinajstić information content (AvgIpc) is 2.70. The molecule has 0 bridgehead atoms. The molecule has 0 aliphatic rings. The van der Waals surface area contributed by atoms with E-state index in [1.807, 2.05) is 0 Å². The van der Waals surface area contributed by atoms with Crippen LogP contribution >= 0.6 is 0 Å². The van der Waals surface area contributed by atoms with E-state index in [9.17, 15) is 23.4 Å². The van der Waals surface area contributed by atoms with Gasteiger partial charge in [-0.15, -0.1) is 0 Å². The minimum atomic E-state index is -5.11. The molecule has 2 atom stereocenters.